The van der Waals surface area contributed by atoms with E-state index in [0.717, 1.165) is 25.3 Å². The summed E-state index contributed by atoms with van der Waals surface area (Å²) in [4.78, 5) is 14.3. The smallest absolute Gasteiger partial charge is 0.246 e. The minimum absolute atomic E-state index is 0.0668. The number of para-hydroxylation sites is 2. The average molecular weight is 354 g/mol. The predicted molar refractivity (Wildman–Crippen MR) is 103 cm³/mol. The second-order valence-corrected chi connectivity index (χ2v) is 6.45. The van der Waals surface area contributed by atoms with Gasteiger partial charge >= 0.3 is 0 Å². The van der Waals surface area contributed by atoms with Crippen molar-refractivity contribution in [1.82, 2.24) is 5.32 Å². The summed E-state index contributed by atoms with van der Waals surface area (Å²) in [6.45, 7) is 3.63. The number of ether oxygens (including phenoxy) is 2. The van der Waals surface area contributed by atoms with Crippen LogP contribution in [0.15, 0.2) is 60.7 Å². The highest BCUT2D eigenvalue weighted by molar-refractivity contribution is 5.77. The monoisotopic (exact) mass is 354 g/mol. The quantitative estimate of drug-likeness (QED) is 0.704. The van der Waals surface area contributed by atoms with Crippen LogP contribution < -0.4 is 15.0 Å². The molecule has 2 aromatic rings. The number of nitrogens with one attached hydrogen (secondary N) is 1. The van der Waals surface area contributed by atoms with E-state index in [2.05, 4.69) is 34.5 Å². The van der Waals surface area contributed by atoms with E-state index in [9.17, 15) is 4.79 Å². The Morgan fingerprint density at radius 3 is 2.54 bits per heavy atom. The standard InChI is InChI=1S/C21H26N2O3/c24-21(17-25-13-14-26-20-9-5-2-6-10-20)22-15-18-11-12-23(16-18)19-7-3-1-4-8-19/h1-10,18H,11-17H2,(H,22,24). The Balaban J connectivity index is 1.25. The zero-order valence-electron chi connectivity index (χ0n) is 15.0. The molecule has 0 aliphatic carbocycles. The van der Waals surface area contributed by atoms with Crippen molar-refractivity contribution in [2.45, 2.75) is 6.42 Å². The molecule has 1 N–H and O–H groups in total. The molecule has 2 aromatic carbocycles. The lowest BCUT2D eigenvalue weighted by molar-refractivity contribution is -0.126. The number of hydrogen-bond donors (Lipinski definition) is 1. The number of benzene rings is 2. The van der Waals surface area contributed by atoms with Crippen LogP contribution in [0, 0.1) is 5.92 Å². The lowest BCUT2D eigenvalue weighted by Gasteiger charge is -2.18. The maximum Gasteiger partial charge on any atom is 0.246 e. The van der Waals surface area contributed by atoms with Gasteiger partial charge in [-0.2, -0.15) is 0 Å². The van der Waals surface area contributed by atoms with Gasteiger partial charge < -0.3 is 19.7 Å². The predicted octanol–water partition coefficient (Wildman–Crippen LogP) is 2.72. The van der Waals surface area contributed by atoms with Crippen LogP contribution in [0.3, 0.4) is 0 Å². The van der Waals surface area contributed by atoms with Gasteiger partial charge in [0.05, 0.1) is 6.61 Å². The summed E-state index contributed by atoms with van der Waals surface area (Å²) in [6.07, 6.45) is 1.10. The van der Waals surface area contributed by atoms with E-state index in [0.29, 0.717) is 25.7 Å². The van der Waals surface area contributed by atoms with Crippen LogP contribution in [0.2, 0.25) is 0 Å². The van der Waals surface area contributed by atoms with Crippen LogP contribution >= 0.6 is 0 Å². The summed E-state index contributed by atoms with van der Waals surface area (Å²) in [5.74, 6) is 1.23. The molecule has 138 valence electrons. The summed E-state index contributed by atoms with van der Waals surface area (Å²) in [5.41, 5.74) is 1.25. The van der Waals surface area contributed by atoms with Gasteiger partial charge in [-0.25, -0.2) is 0 Å². The Labute approximate surface area is 154 Å². The van der Waals surface area contributed by atoms with Crippen LogP contribution in [-0.2, 0) is 9.53 Å². The van der Waals surface area contributed by atoms with Gasteiger partial charge in [0.1, 0.15) is 19.0 Å². The maximum atomic E-state index is 11.9. The third kappa shape index (κ3) is 5.77. The van der Waals surface area contributed by atoms with Crippen LogP contribution in [0.5, 0.6) is 5.75 Å². The molecule has 1 atom stereocenters. The van der Waals surface area contributed by atoms with E-state index in [-0.39, 0.29) is 12.5 Å². The molecular weight excluding hydrogens is 328 g/mol. The van der Waals surface area contributed by atoms with Gasteiger partial charge in [-0.3, -0.25) is 4.79 Å². The summed E-state index contributed by atoms with van der Waals surface area (Å²) < 4.78 is 10.9. The van der Waals surface area contributed by atoms with E-state index >= 15 is 0 Å². The summed E-state index contributed by atoms with van der Waals surface area (Å²) in [7, 11) is 0. The molecule has 1 fully saturated rings. The van der Waals surface area contributed by atoms with Crippen molar-refractivity contribution in [1.29, 1.82) is 0 Å². The Hall–Kier alpha value is -2.53. The van der Waals surface area contributed by atoms with Gasteiger partial charge in [-0.1, -0.05) is 36.4 Å². The second kappa shape index (κ2) is 9.82. The van der Waals surface area contributed by atoms with Crippen molar-refractivity contribution >= 4 is 11.6 Å². The average Bonchev–Trinajstić information content (AvgIpc) is 3.17. The first kappa shape index (κ1) is 18.3. The lowest BCUT2D eigenvalue weighted by Crippen LogP contribution is -2.33. The van der Waals surface area contributed by atoms with Crippen LogP contribution in [0.1, 0.15) is 6.42 Å². The van der Waals surface area contributed by atoms with Crippen molar-refractivity contribution in [2.75, 3.05) is 44.4 Å². The Morgan fingerprint density at radius 1 is 1.04 bits per heavy atom. The molecule has 0 aromatic heterocycles. The van der Waals surface area contributed by atoms with Gasteiger partial charge in [0.15, 0.2) is 0 Å². The molecule has 0 spiro atoms. The number of hydrogen-bond acceptors (Lipinski definition) is 4. The number of amides is 1. The van der Waals surface area contributed by atoms with Gasteiger partial charge in [0.2, 0.25) is 5.91 Å². The molecule has 0 radical (unpaired) electrons. The molecule has 3 rings (SSSR count). The second-order valence-electron chi connectivity index (χ2n) is 6.45. The number of carbonyl (C=O) groups is 1. The van der Waals surface area contributed by atoms with Crippen molar-refractivity contribution in [3.63, 3.8) is 0 Å². The van der Waals surface area contributed by atoms with Gasteiger partial charge in [-0.15, -0.1) is 0 Å². The number of nitrogens with zero attached hydrogens (tertiary/aromatic N) is 1. The molecular formula is C21H26N2O3. The third-order valence-electron chi connectivity index (χ3n) is 4.47. The molecule has 1 amide bonds. The van der Waals surface area contributed by atoms with E-state index < -0.39 is 0 Å². The number of anilines is 1. The molecule has 1 aliphatic heterocycles. The van der Waals surface area contributed by atoms with E-state index in [1.807, 2.05) is 36.4 Å². The highest BCUT2D eigenvalue weighted by atomic mass is 16.5. The molecule has 0 saturated carbocycles. The van der Waals surface area contributed by atoms with Crippen LogP contribution in [-0.4, -0.2) is 45.4 Å². The third-order valence-corrected chi connectivity index (χ3v) is 4.47. The van der Waals surface area contributed by atoms with Crippen LogP contribution in [0.25, 0.3) is 0 Å². The van der Waals surface area contributed by atoms with Crippen LogP contribution in [0.4, 0.5) is 5.69 Å². The molecule has 1 heterocycles. The van der Waals surface area contributed by atoms with Gasteiger partial charge in [0.25, 0.3) is 0 Å². The SMILES string of the molecule is O=C(COCCOc1ccccc1)NCC1CCN(c2ccccc2)C1. The molecule has 1 unspecified atom stereocenters. The summed E-state index contributed by atoms with van der Waals surface area (Å²) >= 11 is 0. The zero-order valence-corrected chi connectivity index (χ0v) is 15.0. The molecule has 5 nitrogen and oxygen atoms in total. The van der Waals surface area contributed by atoms with Gasteiger partial charge in [-0.05, 0) is 36.6 Å². The van der Waals surface area contributed by atoms with Crippen molar-refractivity contribution in [3.05, 3.63) is 60.7 Å². The Kier molecular flexibility index (Phi) is 6.90. The van der Waals surface area contributed by atoms with Crippen molar-refractivity contribution < 1.29 is 14.3 Å². The fraction of sp³-hybridized carbons (Fsp3) is 0.381. The molecule has 26 heavy (non-hydrogen) atoms. The van der Waals surface area contributed by atoms with Crippen molar-refractivity contribution in [3.8, 4) is 5.75 Å². The normalized spacial score (nSPS) is 16.5. The minimum Gasteiger partial charge on any atom is -0.491 e. The fourth-order valence-corrected chi connectivity index (χ4v) is 3.08. The van der Waals surface area contributed by atoms with Crippen molar-refractivity contribution in [2.24, 2.45) is 5.92 Å². The minimum atomic E-state index is -0.0668. The number of carbonyl (C=O) groups excluding carboxylic acids is 1. The van der Waals surface area contributed by atoms with E-state index in [1.54, 1.807) is 0 Å². The molecule has 1 aliphatic rings. The summed E-state index contributed by atoms with van der Waals surface area (Å²) in [6, 6.07) is 20.0. The highest BCUT2D eigenvalue weighted by Gasteiger charge is 2.22. The largest absolute Gasteiger partial charge is 0.491 e. The summed E-state index contributed by atoms with van der Waals surface area (Å²) in [5, 5.41) is 2.97. The van der Waals surface area contributed by atoms with E-state index in [4.69, 9.17) is 9.47 Å². The fourth-order valence-electron chi connectivity index (χ4n) is 3.08. The highest BCUT2D eigenvalue weighted by Crippen LogP contribution is 2.22. The molecule has 5 heteroatoms. The molecule has 0 bridgehead atoms. The maximum absolute atomic E-state index is 11.9. The Morgan fingerprint density at radius 2 is 1.77 bits per heavy atom. The first-order valence-electron chi connectivity index (χ1n) is 9.13. The van der Waals surface area contributed by atoms with Gasteiger partial charge in [0, 0.05) is 25.3 Å². The Bertz CT molecular complexity index is 663. The first-order valence-corrected chi connectivity index (χ1v) is 9.13. The lowest BCUT2D eigenvalue weighted by atomic mass is 10.1. The topological polar surface area (TPSA) is 50.8 Å². The van der Waals surface area contributed by atoms with E-state index in [1.165, 1.54) is 5.69 Å². The number of rotatable bonds is 9. The molecule has 1 saturated heterocycles. The zero-order chi connectivity index (χ0) is 18.0. The first-order chi connectivity index (χ1) is 12.8.